The van der Waals surface area contributed by atoms with Crippen molar-refractivity contribution < 1.29 is 9.90 Å². The molecule has 2 rings (SSSR count). The maximum absolute atomic E-state index is 11.1. The van der Waals surface area contributed by atoms with Crippen LogP contribution in [0.4, 0.5) is 0 Å². The Bertz CT molecular complexity index is 623. The third kappa shape index (κ3) is 4.62. The van der Waals surface area contributed by atoms with E-state index >= 15 is 0 Å². The Labute approximate surface area is 134 Å². The third-order valence-electron chi connectivity index (χ3n) is 3.33. The second kappa shape index (κ2) is 7.49. The Morgan fingerprint density at radius 3 is 2.68 bits per heavy atom. The Morgan fingerprint density at radius 1 is 1.41 bits per heavy atom. The maximum atomic E-state index is 11.1. The number of aromatic nitrogens is 1. The SMILES string of the molecule is CC(O)CCN(C)Cc1csc(-c2ccc(C(N)=O)cc2)n1. The summed E-state index contributed by atoms with van der Waals surface area (Å²) in [7, 11) is 2.02. The first-order chi connectivity index (χ1) is 10.5. The molecule has 6 heteroatoms. The molecule has 0 saturated heterocycles. The molecule has 0 spiro atoms. The molecule has 1 unspecified atom stereocenters. The van der Waals surface area contributed by atoms with Crippen LogP contribution in [0, 0.1) is 0 Å². The molecule has 1 amide bonds. The highest BCUT2D eigenvalue weighted by molar-refractivity contribution is 7.13. The lowest BCUT2D eigenvalue weighted by Crippen LogP contribution is -2.22. The van der Waals surface area contributed by atoms with Crippen molar-refractivity contribution in [2.75, 3.05) is 13.6 Å². The molecule has 2 aromatic rings. The molecule has 22 heavy (non-hydrogen) atoms. The summed E-state index contributed by atoms with van der Waals surface area (Å²) < 4.78 is 0. The van der Waals surface area contributed by atoms with E-state index in [2.05, 4.69) is 9.88 Å². The third-order valence-corrected chi connectivity index (χ3v) is 4.27. The van der Waals surface area contributed by atoms with E-state index in [1.807, 2.05) is 24.6 Å². The lowest BCUT2D eigenvalue weighted by molar-refractivity contribution is 0.100. The fraction of sp³-hybridized carbons (Fsp3) is 0.375. The van der Waals surface area contributed by atoms with Crippen molar-refractivity contribution in [3.05, 3.63) is 40.9 Å². The van der Waals surface area contributed by atoms with Crippen molar-refractivity contribution in [3.63, 3.8) is 0 Å². The molecule has 118 valence electrons. The summed E-state index contributed by atoms with van der Waals surface area (Å²) in [5.74, 6) is -0.425. The lowest BCUT2D eigenvalue weighted by atomic mass is 10.1. The molecule has 1 aromatic carbocycles. The molecular formula is C16H21N3O2S. The maximum Gasteiger partial charge on any atom is 0.248 e. The molecule has 0 aliphatic rings. The summed E-state index contributed by atoms with van der Waals surface area (Å²) in [4.78, 5) is 17.8. The van der Waals surface area contributed by atoms with Gasteiger partial charge in [0.2, 0.25) is 5.91 Å². The molecule has 1 aromatic heterocycles. The number of carbonyl (C=O) groups excluding carboxylic acids is 1. The van der Waals surface area contributed by atoms with E-state index in [4.69, 9.17) is 5.73 Å². The van der Waals surface area contributed by atoms with Crippen LogP contribution in [-0.2, 0) is 6.54 Å². The number of rotatable bonds is 7. The predicted molar refractivity (Wildman–Crippen MR) is 88.7 cm³/mol. The first-order valence-corrected chi connectivity index (χ1v) is 8.05. The summed E-state index contributed by atoms with van der Waals surface area (Å²) in [5, 5.41) is 12.3. The minimum Gasteiger partial charge on any atom is -0.393 e. The van der Waals surface area contributed by atoms with Crippen LogP contribution in [0.5, 0.6) is 0 Å². The van der Waals surface area contributed by atoms with Crippen LogP contribution in [0.15, 0.2) is 29.6 Å². The van der Waals surface area contributed by atoms with Gasteiger partial charge in [-0.15, -0.1) is 11.3 Å². The van der Waals surface area contributed by atoms with E-state index in [1.165, 1.54) is 0 Å². The molecule has 0 radical (unpaired) electrons. The number of aliphatic hydroxyl groups is 1. The summed E-state index contributed by atoms with van der Waals surface area (Å²) in [6, 6.07) is 7.15. The summed E-state index contributed by atoms with van der Waals surface area (Å²) in [6.45, 7) is 3.38. The number of thiazole rings is 1. The number of benzene rings is 1. The largest absolute Gasteiger partial charge is 0.393 e. The highest BCUT2D eigenvalue weighted by atomic mass is 32.1. The van der Waals surface area contributed by atoms with Gasteiger partial charge in [0.05, 0.1) is 11.8 Å². The zero-order valence-electron chi connectivity index (χ0n) is 12.8. The standard InChI is InChI=1S/C16H21N3O2S/c1-11(20)7-8-19(2)9-14-10-22-16(18-14)13-5-3-12(4-6-13)15(17)21/h3-6,10-11,20H,7-9H2,1-2H3,(H2,17,21). The van der Waals surface area contributed by atoms with Gasteiger partial charge >= 0.3 is 0 Å². The van der Waals surface area contributed by atoms with E-state index in [-0.39, 0.29) is 6.10 Å². The van der Waals surface area contributed by atoms with Crippen molar-refractivity contribution >= 4 is 17.2 Å². The van der Waals surface area contributed by atoms with Crippen molar-refractivity contribution in [2.45, 2.75) is 26.0 Å². The summed E-state index contributed by atoms with van der Waals surface area (Å²) in [6.07, 6.45) is 0.472. The highest BCUT2D eigenvalue weighted by Crippen LogP contribution is 2.24. The van der Waals surface area contributed by atoms with Gasteiger partial charge in [-0.2, -0.15) is 0 Å². The number of nitrogens with zero attached hydrogens (tertiary/aromatic N) is 2. The van der Waals surface area contributed by atoms with Crippen molar-refractivity contribution in [1.82, 2.24) is 9.88 Å². The van der Waals surface area contributed by atoms with Crippen LogP contribution in [-0.4, -0.2) is 40.6 Å². The molecule has 5 nitrogen and oxygen atoms in total. The zero-order valence-corrected chi connectivity index (χ0v) is 13.6. The molecular weight excluding hydrogens is 298 g/mol. The molecule has 0 aliphatic carbocycles. The number of nitrogens with two attached hydrogens (primary N) is 1. The molecule has 0 saturated carbocycles. The van der Waals surface area contributed by atoms with E-state index in [9.17, 15) is 9.90 Å². The van der Waals surface area contributed by atoms with Gasteiger partial charge in [-0.25, -0.2) is 4.98 Å². The quantitative estimate of drug-likeness (QED) is 0.819. The average Bonchev–Trinajstić information content (AvgIpc) is 2.93. The lowest BCUT2D eigenvalue weighted by Gasteiger charge is -2.15. The second-order valence-electron chi connectivity index (χ2n) is 5.46. The molecule has 1 heterocycles. The predicted octanol–water partition coefficient (Wildman–Crippen LogP) is 2.11. The Morgan fingerprint density at radius 2 is 2.09 bits per heavy atom. The van der Waals surface area contributed by atoms with Gasteiger partial charge in [0.25, 0.3) is 0 Å². The number of carbonyl (C=O) groups is 1. The molecule has 0 fully saturated rings. The summed E-state index contributed by atoms with van der Waals surface area (Å²) >= 11 is 1.58. The van der Waals surface area contributed by atoms with Gasteiger partial charge in [-0.3, -0.25) is 4.79 Å². The number of hydrogen-bond donors (Lipinski definition) is 2. The van der Waals surface area contributed by atoms with Crippen molar-refractivity contribution in [2.24, 2.45) is 5.73 Å². The molecule has 1 atom stereocenters. The zero-order chi connectivity index (χ0) is 16.1. The summed E-state index contributed by atoms with van der Waals surface area (Å²) in [5.41, 5.74) is 7.72. The van der Waals surface area contributed by atoms with Gasteiger partial charge in [0.15, 0.2) is 0 Å². The van der Waals surface area contributed by atoms with Crippen molar-refractivity contribution in [1.29, 1.82) is 0 Å². The minimum atomic E-state index is -0.425. The fourth-order valence-corrected chi connectivity index (χ4v) is 2.87. The smallest absolute Gasteiger partial charge is 0.248 e. The van der Waals surface area contributed by atoms with Crippen molar-refractivity contribution in [3.8, 4) is 10.6 Å². The van der Waals surface area contributed by atoms with Gasteiger partial charge in [0, 0.05) is 29.6 Å². The van der Waals surface area contributed by atoms with Gasteiger partial charge in [-0.1, -0.05) is 12.1 Å². The first kappa shape index (κ1) is 16.6. The monoisotopic (exact) mass is 319 g/mol. The molecule has 0 aliphatic heterocycles. The average molecular weight is 319 g/mol. The van der Waals surface area contributed by atoms with E-state index in [0.717, 1.165) is 35.8 Å². The minimum absolute atomic E-state index is 0.280. The number of hydrogen-bond acceptors (Lipinski definition) is 5. The van der Waals surface area contributed by atoms with Gasteiger partial charge in [0.1, 0.15) is 5.01 Å². The second-order valence-corrected chi connectivity index (χ2v) is 6.32. The molecule has 0 bridgehead atoms. The van der Waals surface area contributed by atoms with E-state index in [0.29, 0.717) is 5.56 Å². The van der Waals surface area contributed by atoms with Crippen LogP contribution in [0.3, 0.4) is 0 Å². The van der Waals surface area contributed by atoms with Gasteiger partial charge < -0.3 is 15.7 Å². The van der Waals surface area contributed by atoms with Crippen LogP contribution in [0.25, 0.3) is 10.6 Å². The number of amides is 1. The van der Waals surface area contributed by atoms with Crippen LogP contribution in [0.2, 0.25) is 0 Å². The first-order valence-electron chi connectivity index (χ1n) is 7.17. The number of primary amides is 1. The fourth-order valence-electron chi connectivity index (χ4n) is 2.05. The van der Waals surface area contributed by atoms with E-state index < -0.39 is 5.91 Å². The normalized spacial score (nSPS) is 12.5. The number of aliphatic hydroxyl groups excluding tert-OH is 1. The molecule has 3 N–H and O–H groups in total. The highest BCUT2D eigenvalue weighted by Gasteiger charge is 2.09. The van der Waals surface area contributed by atoms with Crippen LogP contribution in [0.1, 0.15) is 29.4 Å². The van der Waals surface area contributed by atoms with Crippen LogP contribution < -0.4 is 5.73 Å². The van der Waals surface area contributed by atoms with E-state index in [1.54, 1.807) is 30.4 Å². The Kier molecular flexibility index (Phi) is 5.65. The Hall–Kier alpha value is -1.76. The van der Waals surface area contributed by atoms with Crippen LogP contribution >= 0.6 is 11.3 Å². The topological polar surface area (TPSA) is 79.5 Å². The van der Waals surface area contributed by atoms with Gasteiger partial charge in [-0.05, 0) is 32.5 Å². The Balaban J connectivity index is 2.00.